The molecule has 6 nitrogen and oxygen atoms in total. The molecule has 1 aromatic carbocycles. The molecule has 0 radical (unpaired) electrons. The van der Waals surface area contributed by atoms with Crippen LogP contribution in [0.25, 0.3) is 0 Å². The van der Waals surface area contributed by atoms with E-state index in [0.717, 1.165) is 0 Å². The Morgan fingerprint density at radius 2 is 1.81 bits per heavy atom. The highest BCUT2D eigenvalue weighted by molar-refractivity contribution is 5.78. The van der Waals surface area contributed by atoms with Crippen molar-refractivity contribution in [3.8, 4) is 17.2 Å². The fourth-order valence-corrected chi connectivity index (χ4v) is 1.34. The van der Waals surface area contributed by atoms with Crippen molar-refractivity contribution < 1.29 is 24.5 Å². The first-order valence-corrected chi connectivity index (χ1v) is 4.45. The molecule has 0 fully saturated rings. The number of carbonyl (C=O) groups is 1. The quantitative estimate of drug-likeness (QED) is 0.692. The zero-order valence-electron chi connectivity index (χ0n) is 8.93. The average Bonchev–Trinajstić information content (AvgIpc) is 2.27. The molecule has 0 aliphatic rings. The molecular formula is C10H13NO5. The molecule has 0 saturated heterocycles. The number of aliphatic carboxylic acids is 1. The summed E-state index contributed by atoms with van der Waals surface area (Å²) in [6, 6.07) is 1.58. The van der Waals surface area contributed by atoms with E-state index in [2.05, 4.69) is 0 Å². The van der Waals surface area contributed by atoms with Crippen LogP contribution in [0.4, 0.5) is 0 Å². The standard InChI is InChI=1S/C10H13NO5/c1-15-5-3-4-6(16-2)9(12)7(5)8(11)10(13)14/h3-4,8,12H,11H2,1-2H3,(H,13,14)/t8-/m0/s1. The van der Waals surface area contributed by atoms with Gasteiger partial charge in [-0.15, -0.1) is 0 Å². The Morgan fingerprint density at radius 1 is 1.31 bits per heavy atom. The van der Waals surface area contributed by atoms with Crippen LogP contribution in [0.1, 0.15) is 11.6 Å². The van der Waals surface area contributed by atoms with Gasteiger partial charge in [-0.05, 0) is 12.1 Å². The molecule has 0 saturated carbocycles. The number of nitrogens with two attached hydrogens (primary N) is 1. The van der Waals surface area contributed by atoms with E-state index in [4.69, 9.17) is 20.3 Å². The van der Waals surface area contributed by atoms with Crippen molar-refractivity contribution in [2.24, 2.45) is 5.73 Å². The monoisotopic (exact) mass is 227 g/mol. The Bertz CT molecular complexity index is 404. The molecular weight excluding hydrogens is 214 g/mol. The summed E-state index contributed by atoms with van der Waals surface area (Å²) in [5, 5.41) is 18.6. The van der Waals surface area contributed by atoms with Crippen molar-refractivity contribution >= 4 is 5.97 Å². The molecule has 0 unspecified atom stereocenters. The van der Waals surface area contributed by atoms with Crippen LogP contribution in [0.15, 0.2) is 12.1 Å². The van der Waals surface area contributed by atoms with Gasteiger partial charge in [-0.25, -0.2) is 0 Å². The van der Waals surface area contributed by atoms with E-state index in [1.807, 2.05) is 0 Å². The lowest BCUT2D eigenvalue weighted by molar-refractivity contribution is -0.138. The van der Waals surface area contributed by atoms with Crippen LogP contribution >= 0.6 is 0 Å². The molecule has 0 bridgehead atoms. The van der Waals surface area contributed by atoms with Crippen LogP contribution < -0.4 is 15.2 Å². The molecule has 1 aromatic rings. The lowest BCUT2D eigenvalue weighted by Crippen LogP contribution is -2.21. The number of phenolic OH excluding ortho intramolecular Hbond substituents is 1. The van der Waals surface area contributed by atoms with Crippen LogP contribution in [0, 0.1) is 0 Å². The van der Waals surface area contributed by atoms with Crippen LogP contribution in [-0.4, -0.2) is 30.4 Å². The minimum Gasteiger partial charge on any atom is -0.504 e. The third-order valence-electron chi connectivity index (χ3n) is 2.16. The van der Waals surface area contributed by atoms with Crippen LogP contribution in [0.3, 0.4) is 0 Å². The number of aromatic hydroxyl groups is 1. The maximum absolute atomic E-state index is 10.8. The van der Waals surface area contributed by atoms with Gasteiger partial charge in [-0.2, -0.15) is 0 Å². The van der Waals surface area contributed by atoms with E-state index in [1.165, 1.54) is 26.4 Å². The number of hydrogen-bond acceptors (Lipinski definition) is 5. The Hall–Kier alpha value is -1.95. The predicted octanol–water partition coefficient (Wildman–Crippen LogP) is 0.494. The molecule has 1 atom stereocenters. The summed E-state index contributed by atoms with van der Waals surface area (Å²) in [5.41, 5.74) is 5.44. The van der Waals surface area contributed by atoms with Gasteiger partial charge < -0.3 is 25.4 Å². The summed E-state index contributed by atoms with van der Waals surface area (Å²) in [4.78, 5) is 10.8. The summed E-state index contributed by atoms with van der Waals surface area (Å²) < 4.78 is 9.80. The van der Waals surface area contributed by atoms with E-state index in [1.54, 1.807) is 0 Å². The number of carboxylic acid groups (broad SMARTS) is 1. The summed E-state index contributed by atoms with van der Waals surface area (Å²) in [6.07, 6.45) is 0. The molecule has 0 amide bonds. The zero-order valence-corrected chi connectivity index (χ0v) is 8.93. The second kappa shape index (κ2) is 4.71. The number of phenols is 1. The number of rotatable bonds is 4. The van der Waals surface area contributed by atoms with Gasteiger partial charge in [0.2, 0.25) is 0 Å². The maximum Gasteiger partial charge on any atom is 0.325 e. The largest absolute Gasteiger partial charge is 0.504 e. The molecule has 6 heteroatoms. The lowest BCUT2D eigenvalue weighted by Gasteiger charge is -2.15. The van der Waals surface area contributed by atoms with Gasteiger partial charge in [-0.3, -0.25) is 4.79 Å². The molecule has 0 aromatic heterocycles. The molecule has 0 aliphatic carbocycles. The molecule has 4 N–H and O–H groups in total. The average molecular weight is 227 g/mol. The minimum absolute atomic E-state index is 0.00523. The molecule has 0 aliphatic heterocycles. The Labute approximate surface area is 92.2 Å². The molecule has 88 valence electrons. The number of methoxy groups -OCH3 is 2. The molecule has 1 rings (SSSR count). The number of ether oxygens (including phenoxy) is 2. The van der Waals surface area contributed by atoms with Crippen molar-refractivity contribution in [1.82, 2.24) is 0 Å². The fourth-order valence-electron chi connectivity index (χ4n) is 1.34. The number of carboxylic acids is 1. The molecule has 0 spiro atoms. The third-order valence-corrected chi connectivity index (χ3v) is 2.16. The normalized spacial score (nSPS) is 11.9. The summed E-state index contributed by atoms with van der Waals surface area (Å²) in [6.45, 7) is 0. The maximum atomic E-state index is 10.8. The first-order valence-electron chi connectivity index (χ1n) is 4.45. The van der Waals surface area contributed by atoms with E-state index in [0.29, 0.717) is 0 Å². The summed E-state index contributed by atoms with van der Waals surface area (Å²) in [7, 11) is 2.72. The Balaban J connectivity index is 3.37. The zero-order chi connectivity index (χ0) is 12.3. The van der Waals surface area contributed by atoms with Crippen LogP contribution in [0.5, 0.6) is 17.2 Å². The lowest BCUT2D eigenvalue weighted by atomic mass is 10.0. The third kappa shape index (κ3) is 2.01. The van der Waals surface area contributed by atoms with Gasteiger partial charge in [0.25, 0.3) is 0 Å². The van der Waals surface area contributed by atoms with Crippen molar-refractivity contribution in [2.45, 2.75) is 6.04 Å². The van der Waals surface area contributed by atoms with Crippen molar-refractivity contribution in [2.75, 3.05) is 14.2 Å². The van der Waals surface area contributed by atoms with Crippen molar-refractivity contribution in [1.29, 1.82) is 0 Å². The molecule has 16 heavy (non-hydrogen) atoms. The Kier molecular flexibility index (Phi) is 3.57. The van der Waals surface area contributed by atoms with Gasteiger partial charge in [0.05, 0.1) is 19.8 Å². The summed E-state index contributed by atoms with van der Waals surface area (Å²) in [5.74, 6) is -1.24. The first-order chi connectivity index (χ1) is 7.52. The minimum atomic E-state index is -1.37. The van der Waals surface area contributed by atoms with Gasteiger partial charge >= 0.3 is 5.97 Å². The SMILES string of the molecule is COc1ccc(OC)c([C@H](N)C(=O)O)c1O. The second-order valence-corrected chi connectivity index (χ2v) is 3.05. The van der Waals surface area contributed by atoms with Crippen molar-refractivity contribution in [3.63, 3.8) is 0 Å². The van der Waals surface area contributed by atoms with E-state index >= 15 is 0 Å². The van der Waals surface area contributed by atoms with Crippen molar-refractivity contribution in [3.05, 3.63) is 17.7 Å². The highest BCUT2D eigenvalue weighted by atomic mass is 16.5. The van der Waals surface area contributed by atoms with Gasteiger partial charge in [-0.1, -0.05) is 0 Å². The topological polar surface area (TPSA) is 102 Å². The highest BCUT2D eigenvalue weighted by Crippen LogP contribution is 2.39. The highest BCUT2D eigenvalue weighted by Gasteiger charge is 2.25. The van der Waals surface area contributed by atoms with Crippen LogP contribution in [0.2, 0.25) is 0 Å². The number of hydrogen-bond donors (Lipinski definition) is 3. The van der Waals surface area contributed by atoms with E-state index in [-0.39, 0.29) is 22.8 Å². The predicted molar refractivity (Wildman–Crippen MR) is 55.8 cm³/mol. The fraction of sp³-hybridized carbons (Fsp3) is 0.300. The number of benzene rings is 1. The van der Waals surface area contributed by atoms with E-state index < -0.39 is 12.0 Å². The van der Waals surface area contributed by atoms with Crippen LogP contribution in [-0.2, 0) is 4.79 Å². The van der Waals surface area contributed by atoms with E-state index in [9.17, 15) is 9.90 Å². The van der Waals surface area contributed by atoms with Gasteiger partial charge in [0, 0.05) is 0 Å². The smallest absolute Gasteiger partial charge is 0.325 e. The van der Waals surface area contributed by atoms with Gasteiger partial charge in [0.15, 0.2) is 11.5 Å². The molecule has 0 heterocycles. The van der Waals surface area contributed by atoms with Gasteiger partial charge in [0.1, 0.15) is 11.8 Å². The summed E-state index contributed by atoms with van der Waals surface area (Å²) >= 11 is 0. The second-order valence-electron chi connectivity index (χ2n) is 3.05. The first kappa shape index (κ1) is 12.1. The Morgan fingerprint density at radius 3 is 2.25 bits per heavy atom.